The maximum atomic E-state index is 5.44. The molecule has 0 fully saturated rings. The fraction of sp³-hybridized carbons (Fsp3) is 1.00. The second-order valence-electron chi connectivity index (χ2n) is 4.30. The molecule has 0 saturated carbocycles. The Morgan fingerprint density at radius 3 is 1.50 bits per heavy atom. The maximum Gasteiger partial charge on any atom is 0.0620 e. The van der Waals surface area contributed by atoms with Crippen LogP contribution in [0.3, 0.4) is 0 Å². The highest BCUT2D eigenvalue weighted by atomic mass is 15.3. The molecule has 4 heteroatoms. The lowest BCUT2D eigenvalue weighted by Gasteiger charge is -2.01. The molecule has 0 unspecified atom stereocenters. The molecule has 0 saturated heterocycles. The van der Waals surface area contributed by atoms with E-state index < -0.39 is 0 Å². The molecule has 0 atom stereocenters. The van der Waals surface area contributed by atoms with Crippen molar-refractivity contribution < 1.29 is 0 Å². The van der Waals surface area contributed by atoms with Crippen LogP contribution >= 0.6 is 0 Å². The number of nitrogens with two attached hydrogens (primary N) is 2. The van der Waals surface area contributed by atoms with Crippen LogP contribution in [0, 0.1) is 0 Å². The first-order valence-electron chi connectivity index (χ1n) is 6.68. The minimum Gasteiger partial charge on any atom is -0.330 e. The van der Waals surface area contributed by atoms with Crippen LogP contribution < -0.4 is 11.6 Å². The molecule has 0 aliphatic rings. The Kier molecular flexibility index (Phi) is 13.8. The Morgan fingerprint density at radius 1 is 0.625 bits per heavy atom. The predicted molar refractivity (Wildman–Crippen MR) is 69.1 cm³/mol. The van der Waals surface area contributed by atoms with E-state index in [2.05, 4.69) is 10.3 Å². The molecule has 16 heavy (non-hydrogen) atoms. The van der Waals surface area contributed by atoms with Crippen LogP contribution in [0.5, 0.6) is 0 Å². The highest BCUT2D eigenvalue weighted by molar-refractivity contribution is 4.49. The van der Waals surface area contributed by atoms with Crippen molar-refractivity contribution in [2.75, 3.05) is 13.1 Å². The summed E-state index contributed by atoms with van der Waals surface area (Å²) in [6.07, 6.45) is 13.0. The van der Waals surface area contributed by atoms with Crippen molar-refractivity contribution in [3.63, 3.8) is 0 Å². The van der Waals surface area contributed by atoms with Crippen molar-refractivity contribution >= 4 is 0 Å². The second kappa shape index (κ2) is 14.4. The van der Waals surface area contributed by atoms with Crippen LogP contribution in [0.25, 0.3) is 0 Å². The average Bonchev–Trinajstić information content (AvgIpc) is 2.31. The second-order valence-corrected chi connectivity index (χ2v) is 4.30. The van der Waals surface area contributed by atoms with Crippen LogP contribution in [-0.4, -0.2) is 13.1 Å². The molecule has 0 aromatic heterocycles. The molecule has 0 aromatic rings. The third-order valence-electron chi connectivity index (χ3n) is 2.79. The molecule has 96 valence electrons. The number of hydrogen-bond acceptors (Lipinski definition) is 3. The maximum absolute atomic E-state index is 5.44. The van der Waals surface area contributed by atoms with Gasteiger partial charge in [0.1, 0.15) is 0 Å². The van der Waals surface area contributed by atoms with Crippen molar-refractivity contribution in [1.29, 1.82) is 0 Å². The normalized spacial score (nSPS) is 11.3. The topological polar surface area (TPSA) is 76.8 Å². The molecule has 0 aromatic carbocycles. The van der Waals surface area contributed by atoms with E-state index in [0.29, 0.717) is 0 Å². The molecular weight excluding hydrogens is 200 g/mol. The summed E-state index contributed by atoms with van der Waals surface area (Å²) in [6, 6.07) is 0. The van der Waals surface area contributed by atoms with Gasteiger partial charge in [-0.2, -0.15) is 5.11 Å². The fourth-order valence-corrected chi connectivity index (χ4v) is 1.80. The first-order valence-corrected chi connectivity index (χ1v) is 6.68. The summed E-state index contributed by atoms with van der Waals surface area (Å²) in [4.78, 5) is 0. The first kappa shape index (κ1) is 15.4. The van der Waals surface area contributed by atoms with E-state index in [1.54, 1.807) is 0 Å². The Morgan fingerprint density at radius 2 is 1.06 bits per heavy atom. The lowest BCUT2D eigenvalue weighted by molar-refractivity contribution is 0.553. The van der Waals surface area contributed by atoms with Crippen molar-refractivity contribution in [3.8, 4) is 0 Å². The van der Waals surface area contributed by atoms with E-state index >= 15 is 0 Å². The lowest BCUT2D eigenvalue weighted by Crippen LogP contribution is -1.97. The zero-order chi connectivity index (χ0) is 11.9. The van der Waals surface area contributed by atoms with Gasteiger partial charge in [0.15, 0.2) is 0 Å². The zero-order valence-electron chi connectivity index (χ0n) is 10.5. The van der Waals surface area contributed by atoms with Gasteiger partial charge in [-0.3, -0.25) is 0 Å². The van der Waals surface area contributed by atoms with E-state index in [0.717, 1.165) is 19.5 Å². The first-order chi connectivity index (χ1) is 7.91. The summed E-state index contributed by atoms with van der Waals surface area (Å²) in [5.41, 5.74) is 5.44. The van der Waals surface area contributed by atoms with Crippen molar-refractivity contribution in [2.24, 2.45) is 21.9 Å². The summed E-state index contributed by atoms with van der Waals surface area (Å²) < 4.78 is 0. The van der Waals surface area contributed by atoms with Gasteiger partial charge in [0.25, 0.3) is 0 Å². The Hall–Kier alpha value is -0.640. The monoisotopic (exact) mass is 228 g/mol. The van der Waals surface area contributed by atoms with Crippen LogP contribution in [0.4, 0.5) is 0 Å². The van der Waals surface area contributed by atoms with E-state index in [1.165, 1.54) is 57.8 Å². The number of nitrogens with zero attached hydrogens (tertiary/aromatic N) is 2. The molecule has 0 amide bonds. The quantitative estimate of drug-likeness (QED) is 0.233. The van der Waals surface area contributed by atoms with Gasteiger partial charge in [0, 0.05) is 0 Å². The van der Waals surface area contributed by atoms with Crippen molar-refractivity contribution in [3.05, 3.63) is 0 Å². The molecule has 0 aliphatic heterocycles. The molecule has 0 aliphatic carbocycles. The number of hydrogen-bond donors (Lipinski definition) is 2. The van der Waals surface area contributed by atoms with Gasteiger partial charge in [-0.05, 0) is 19.4 Å². The summed E-state index contributed by atoms with van der Waals surface area (Å²) in [7, 11) is 0. The highest BCUT2D eigenvalue weighted by Crippen LogP contribution is 2.10. The number of unbranched alkanes of at least 4 members (excludes halogenated alkanes) is 9. The minimum atomic E-state index is 0.787. The van der Waals surface area contributed by atoms with E-state index in [-0.39, 0.29) is 0 Å². The van der Waals surface area contributed by atoms with Gasteiger partial charge in [0.2, 0.25) is 0 Å². The lowest BCUT2D eigenvalue weighted by atomic mass is 10.1. The van der Waals surface area contributed by atoms with E-state index in [1.807, 2.05) is 0 Å². The number of rotatable bonds is 12. The highest BCUT2D eigenvalue weighted by Gasteiger charge is 1.92. The van der Waals surface area contributed by atoms with Crippen LogP contribution in [0.2, 0.25) is 0 Å². The van der Waals surface area contributed by atoms with Gasteiger partial charge in [-0.15, -0.1) is 0 Å². The third kappa shape index (κ3) is 13.4. The molecule has 0 radical (unpaired) electrons. The Balaban J connectivity index is 2.88. The fourth-order valence-electron chi connectivity index (χ4n) is 1.80. The summed E-state index contributed by atoms with van der Waals surface area (Å²) >= 11 is 0. The Bertz CT molecular complexity index is 148. The molecule has 0 rings (SSSR count). The summed E-state index contributed by atoms with van der Waals surface area (Å²) in [5, 5.41) is 6.97. The standard InChI is InChI=1S/C12H28N4/c13-11-9-7-5-3-1-2-4-6-8-10-12-15-16-14/h1-13H2,(H2,14,15). The smallest absolute Gasteiger partial charge is 0.0620 e. The van der Waals surface area contributed by atoms with Crippen LogP contribution in [-0.2, 0) is 0 Å². The van der Waals surface area contributed by atoms with Crippen LogP contribution in [0.1, 0.15) is 64.2 Å². The SMILES string of the molecule is NCCCCCCCCCCCCN=NN. The van der Waals surface area contributed by atoms with Gasteiger partial charge < -0.3 is 11.6 Å². The van der Waals surface area contributed by atoms with Gasteiger partial charge in [-0.1, -0.05) is 56.6 Å². The molecule has 0 bridgehead atoms. The molecular formula is C12H28N4. The summed E-state index contributed by atoms with van der Waals surface area (Å²) in [5.74, 6) is 4.91. The van der Waals surface area contributed by atoms with Gasteiger partial charge in [0.05, 0.1) is 6.54 Å². The Labute approximate surface area is 99.9 Å². The summed E-state index contributed by atoms with van der Waals surface area (Å²) in [6.45, 7) is 1.63. The predicted octanol–water partition coefficient (Wildman–Crippen LogP) is 3.17. The molecule has 4 N–H and O–H groups in total. The molecule has 0 spiro atoms. The third-order valence-corrected chi connectivity index (χ3v) is 2.79. The minimum absolute atomic E-state index is 0.787. The molecule has 0 heterocycles. The van der Waals surface area contributed by atoms with Gasteiger partial charge >= 0.3 is 0 Å². The van der Waals surface area contributed by atoms with E-state index in [4.69, 9.17) is 11.6 Å². The van der Waals surface area contributed by atoms with Gasteiger partial charge in [-0.25, -0.2) is 0 Å². The van der Waals surface area contributed by atoms with Crippen LogP contribution in [0.15, 0.2) is 10.3 Å². The average molecular weight is 228 g/mol. The van der Waals surface area contributed by atoms with E-state index in [9.17, 15) is 0 Å². The zero-order valence-corrected chi connectivity index (χ0v) is 10.5. The largest absolute Gasteiger partial charge is 0.330 e. The molecule has 4 nitrogen and oxygen atoms in total. The van der Waals surface area contributed by atoms with Crippen molar-refractivity contribution in [2.45, 2.75) is 64.2 Å². The van der Waals surface area contributed by atoms with Crippen molar-refractivity contribution in [1.82, 2.24) is 0 Å².